The van der Waals surface area contributed by atoms with Crippen LogP contribution in [0.1, 0.15) is 84.0 Å². The zero-order valence-electron chi connectivity index (χ0n) is 11.6. The lowest BCUT2D eigenvalue weighted by atomic mass is 9.74. The number of rotatable bonds is 5. The van der Waals surface area contributed by atoms with E-state index in [2.05, 4.69) is 6.92 Å². The molecule has 0 spiro atoms. The lowest BCUT2D eigenvalue weighted by Gasteiger charge is -2.34. The molecular weight excluding hydrogens is 208 g/mol. The lowest BCUT2D eigenvalue weighted by Crippen LogP contribution is -2.32. The Labute approximate surface area is 107 Å². The molecule has 1 atom stereocenters. The molecule has 0 radical (unpaired) electrons. The van der Waals surface area contributed by atoms with Gasteiger partial charge < -0.3 is 5.11 Å². The Hall–Kier alpha value is -0.0400. The van der Waals surface area contributed by atoms with Crippen LogP contribution >= 0.6 is 0 Å². The minimum absolute atomic E-state index is 0.0167. The zero-order valence-corrected chi connectivity index (χ0v) is 11.6. The summed E-state index contributed by atoms with van der Waals surface area (Å²) >= 11 is 0. The Kier molecular flexibility index (Phi) is 4.90. The molecule has 2 aliphatic rings. The number of aliphatic hydroxyl groups excluding tert-OH is 1. The molecule has 0 aromatic carbocycles. The molecule has 1 N–H and O–H groups in total. The fraction of sp³-hybridized carbons (Fsp3) is 1.00. The molecule has 0 heterocycles. The fourth-order valence-electron chi connectivity index (χ4n) is 4.18. The van der Waals surface area contributed by atoms with E-state index in [1.165, 1.54) is 70.6 Å². The molecule has 1 unspecified atom stereocenters. The summed E-state index contributed by atoms with van der Waals surface area (Å²) in [6.45, 7) is 2.27. The molecular formula is C16H30O. The lowest BCUT2D eigenvalue weighted by molar-refractivity contribution is 0.0133. The Balaban J connectivity index is 1.77. The van der Waals surface area contributed by atoms with Crippen LogP contribution in [0.25, 0.3) is 0 Å². The second kappa shape index (κ2) is 6.22. The SMILES string of the molecule is CCC1(C(O)CCC2CCCCC2)CCCC1. The van der Waals surface area contributed by atoms with Crippen molar-refractivity contribution in [1.82, 2.24) is 0 Å². The summed E-state index contributed by atoms with van der Waals surface area (Å²) in [5, 5.41) is 10.5. The van der Waals surface area contributed by atoms with Gasteiger partial charge in [-0.25, -0.2) is 0 Å². The highest BCUT2D eigenvalue weighted by Gasteiger charge is 2.38. The second-order valence-electron chi connectivity index (χ2n) is 6.52. The summed E-state index contributed by atoms with van der Waals surface area (Å²) in [5.74, 6) is 0.925. The van der Waals surface area contributed by atoms with Gasteiger partial charge in [-0.1, -0.05) is 51.9 Å². The Morgan fingerprint density at radius 1 is 1.06 bits per heavy atom. The third-order valence-electron chi connectivity index (χ3n) is 5.58. The number of hydrogen-bond acceptors (Lipinski definition) is 1. The van der Waals surface area contributed by atoms with Gasteiger partial charge in [0.1, 0.15) is 0 Å². The molecule has 2 rings (SSSR count). The van der Waals surface area contributed by atoms with Crippen LogP contribution in [0.15, 0.2) is 0 Å². The third kappa shape index (κ3) is 3.24. The average molecular weight is 238 g/mol. The predicted octanol–water partition coefficient (Wildman–Crippen LogP) is 4.68. The molecule has 0 aliphatic heterocycles. The van der Waals surface area contributed by atoms with E-state index in [0.717, 1.165) is 12.3 Å². The molecule has 2 fully saturated rings. The van der Waals surface area contributed by atoms with Crippen molar-refractivity contribution >= 4 is 0 Å². The first-order chi connectivity index (χ1) is 8.27. The standard InChI is InChI=1S/C16H30O/c1-2-16(12-6-7-13-16)15(17)11-10-14-8-4-3-5-9-14/h14-15,17H,2-13H2,1H3. The summed E-state index contributed by atoms with van der Waals surface area (Å²) in [6.07, 6.45) is 15.9. The van der Waals surface area contributed by atoms with Gasteiger partial charge in [-0.2, -0.15) is 0 Å². The second-order valence-corrected chi connectivity index (χ2v) is 6.52. The van der Waals surface area contributed by atoms with E-state index in [0.29, 0.717) is 5.41 Å². The summed E-state index contributed by atoms with van der Waals surface area (Å²) in [4.78, 5) is 0. The van der Waals surface area contributed by atoms with Gasteiger partial charge in [-0.15, -0.1) is 0 Å². The highest BCUT2D eigenvalue weighted by Crippen LogP contribution is 2.45. The van der Waals surface area contributed by atoms with Crippen molar-refractivity contribution in [2.75, 3.05) is 0 Å². The highest BCUT2D eigenvalue weighted by molar-refractivity contribution is 4.90. The van der Waals surface area contributed by atoms with Crippen LogP contribution in [-0.4, -0.2) is 11.2 Å². The first-order valence-corrected chi connectivity index (χ1v) is 7.95. The molecule has 0 saturated heterocycles. The number of aliphatic hydroxyl groups is 1. The molecule has 0 bridgehead atoms. The molecule has 0 aromatic rings. The quantitative estimate of drug-likeness (QED) is 0.737. The molecule has 1 heteroatoms. The normalized spacial score (nSPS) is 27.2. The van der Waals surface area contributed by atoms with E-state index in [-0.39, 0.29) is 6.10 Å². The van der Waals surface area contributed by atoms with Crippen molar-refractivity contribution < 1.29 is 5.11 Å². The van der Waals surface area contributed by atoms with Gasteiger partial charge in [0.15, 0.2) is 0 Å². The molecule has 100 valence electrons. The van der Waals surface area contributed by atoms with E-state index in [4.69, 9.17) is 0 Å². The van der Waals surface area contributed by atoms with Crippen molar-refractivity contribution in [3.05, 3.63) is 0 Å². The Morgan fingerprint density at radius 3 is 2.29 bits per heavy atom. The summed E-state index contributed by atoms with van der Waals surface area (Å²) in [6, 6.07) is 0. The maximum absolute atomic E-state index is 10.5. The van der Waals surface area contributed by atoms with Crippen molar-refractivity contribution in [1.29, 1.82) is 0 Å². The van der Waals surface area contributed by atoms with Gasteiger partial charge >= 0.3 is 0 Å². The van der Waals surface area contributed by atoms with E-state index < -0.39 is 0 Å². The Morgan fingerprint density at radius 2 is 1.71 bits per heavy atom. The molecule has 2 saturated carbocycles. The topological polar surface area (TPSA) is 20.2 Å². The van der Waals surface area contributed by atoms with Crippen LogP contribution in [0.5, 0.6) is 0 Å². The van der Waals surface area contributed by atoms with E-state index in [1.807, 2.05) is 0 Å². The first-order valence-electron chi connectivity index (χ1n) is 7.95. The van der Waals surface area contributed by atoms with Gasteiger partial charge in [0, 0.05) is 0 Å². The monoisotopic (exact) mass is 238 g/mol. The van der Waals surface area contributed by atoms with E-state index in [1.54, 1.807) is 0 Å². The van der Waals surface area contributed by atoms with Crippen molar-refractivity contribution in [2.45, 2.75) is 90.1 Å². The fourth-order valence-corrected chi connectivity index (χ4v) is 4.18. The maximum atomic E-state index is 10.5. The molecule has 17 heavy (non-hydrogen) atoms. The van der Waals surface area contributed by atoms with Crippen LogP contribution in [0.2, 0.25) is 0 Å². The van der Waals surface area contributed by atoms with Gasteiger partial charge in [0.05, 0.1) is 6.10 Å². The van der Waals surface area contributed by atoms with Crippen LogP contribution in [0.3, 0.4) is 0 Å². The van der Waals surface area contributed by atoms with Crippen molar-refractivity contribution in [3.63, 3.8) is 0 Å². The molecule has 1 nitrogen and oxygen atoms in total. The van der Waals surface area contributed by atoms with Gasteiger partial charge in [0.25, 0.3) is 0 Å². The molecule has 2 aliphatic carbocycles. The molecule has 0 aromatic heterocycles. The van der Waals surface area contributed by atoms with E-state index >= 15 is 0 Å². The van der Waals surface area contributed by atoms with Crippen LogP contribution in [0, 0.1) is 11.3 Å². The average Bonchev–Trinajstić information content (AvgIpc) is 2.87. The van der Waals surface area contributed by atoms with E-state index in [9.17, 15) is 5.11 Å². The van der Waals surface area contributed by atoms with Gasteiger partial charge in [-0.3, -0.25) is 0 Å². The predicted molar refractivity (Wildman–Crippen MR) is 73.0 cm³/mol. The van der Waals surface area contributed by atoms with Crippen molar-refractivity contribution in [3.8, 4) is 0 Å². The molecule has 0 amide bonds. The maximum Gasteiger partial charge on any atom is 0.0596 e. The van der Waals surface area contributed by atoms with Crippen molar-refractivity contribution in [2.24, 2.45) is 11.3 Å². The van der Waals surface area contributed by atoms with Gasteiger partial charge in [0.2, 0.25) is 0 Å². The summed E-state index contributed by atoms with van der Waals surface area (Å²) in [7, 11) is 0. The summed E-state index contributed by atoms with van der Waals surface area (Å²) < 4.78 is 0. The first kappa shape index (κ1) is 13.4. The van der Waals surface area contributed by atoms with Crippen LogP contribution in [-0.2, 0) is 0 Å². The minimum atomic E-state index is -0.0167. The van der Waals surface area contributed by atoms with Gasteiger partial charge in [-0.05, 0) is 43.4 Å². The minimum Gasteiger partial charge on any atom is -0.393 e. The largest absolute Gasteiger partial charge is 0.393 e. The number of hydrogen-bond donors (Lipinski definition) is 1. The highest BCUT2D eigenvalue weighted by atomic mass is 16.3. The summed E-state index contributed by atoms with van der Waals surface area (Å²) in [5.41, 5.74) is 0.300. The third-order valence-corrected chi connectivity index (χ3v) is 5.58. The van der Waals surface area contributed by atoms with Crippen LogP contribution in [0.4, 0.5) is 0 Å². The van der Waals surface area contributed by atoms with Crippen LogP contribution < -0.4 is 0 Å². The Bertz CT molecular complexity index is 212. The smallest absolute Gasteiger partial charge is 0.0596 e. The zero-order chi connectivity index (χ0) is 12.1.